The number of allylic oxidation sites excluding steroid dienone is 5. The molecular formula is C33H35N2OSi+. The second-order valence-corrected chi connectivity index (χ2v) is 15.3. The molecule has 0 fully saturated rings. The fourth-order valence-electron chi connectivity index (χ4n) is 6.34. The Hall–Kier alpha value is -3.63. The highest BCUT2D eigenvalue weighted by Crippen LogP contribution is 2.44. The van der Waals surface area contributed by atoms with E-state index < -0.39 is 8.07 Å². The van der Waals surface area contributed by atoms with Gasteiger partial charge in [-0.1, -0.05) is 37.4 Å². The second kappa shape index (κ2) is 8.74. The predicted molar refractivity (Wildman–Crippen MR) is 159 cm³/mol. The van der Waals surface area contributed by atoms with Gasteiger partial charge in [-0.25, -0.2) is 0 Å². The zero-order valence-corrected chi connectivity index (χ0v) is 23.5. The van der Waals surface area contributed by atoms with Gasteiger partial charge in [0.1, 0.15) is 20.4 Å². The van der Waals surface area contributed by atoms with Crippen molar-refractivity contribution >= 4 is 35.9 Å². The van der Waals surface area contributed by atoms with E-state index in [1.54, 1.807) is 12.1 Å². The summed E-state index contributed by atoms with van der Waals surface area (Å²) in [6.07, 6.45) is 8.22. The van der Waals surface area contributed by atoms with E-state index in [-0.39, 0.29) is 0 Å². The molecule has 0 amide bonds. The third kappa shape index (κ3) is 3.74. The molecule has 0 spiro atoms. The lowest BCUT2D eigenvalue weighted by atomic mass is 9.87. The van der Waals surface area contributed by atoms with E-state index in [0.717, 1.165) is 25.2 Å². The van der Waals surface area contributed by atoms with Gasteiger partial charge in [-0.2, -0.15) is 4.58 Å². The van der Waals surface area contributed by atoms with Crippen molar-refractivity contribution in [3.63, 3.8) is 0 Å². The molecule has 37 heavy (non-hydrogen) atoms. The van der Waals surface area contributed by atoms with Crippen molar-refractivity contribution in [1.29, 1.82) is 0 Å². The molecule has 0 atom stereocenters. The average Bonchev–Trinajstić information content (AvgIpc) is 3.26. The van der Waals surface area contributed by atoms with Crippen LogP contribution in [0.15, 0.2) is 89.7 Å². The van der Waals surface area contributed by atoms with Crippen molar-refractivity contribution < 1.29 is 9.68 Å². The van der Waals surface area contributed by atoms with E-state index in [9.17, 15) is 5.11 Å². The Bertz CT molecular complexity index is 1550. The van der Waals surface area contributed by atoms with Gasteiger partial charge in [0.25, 0.3) is 0 Å². The Morgan fingerprint density at radius 3 is 2.46 bits per heavy atom. The fraction of sp³-hybridized carbons (Fsp3) is 0.242. The number of aromatic hydroxyl groups is 1. The van der Waals surface area contributed by atoms with Crippen LogP contribution in [0.25, 0.3) is 5.57 Å². The van der Waals surface area contributed by atoms with Crippen LogP contribution in [-0.4, -0.2) is 43.6 Å². The number of fused-ring (bicyclic) bond motifs is 3. The molecule has 6 rings (SSSR count). The van der Waals surface area contributed by atoms with Gasteiger partial charge in [0, 0.05) is 43.6 Å². The van der Waals surface area contributed by atoms with Crippen molar-refractivity contribution in [1.82, 2.24) is 0 Å². The SMILES string of the molecule is CC/[N+](=C1\C=CC2=C(c3ccccc3C)c3cc4c(cc3[Si](C)(C)C2=C1)N(C)CC4)c1ccc(O)cc1. The summed E-state index contributed by atoms with van der Waals surface area (Å²) in [6.45, 7) is 11.4. The van der Waals surface area contributed by atoms with E-state index in [1.165, 1.54) is 55.2 Å². The lowest BCUT2D eigenvalue weighted by Gasteiger charge is -2.38. The van der Waals surface area contributed by atoms with Crippen molar-refractivity contribution in [2.24, 2.45) is 0 Å². The standard InChI is InChI=1S/C33H34N2OSi/c1-6-35(24-11-14-26(36)15-12-24)25-13-16-28-31(20-25)37(4,5)32-21-30-23(17-18-34(30)3)19-29(32)33(28)27-10-8-7-9-22(27)2/h7-16,19-21H,6,17-18H2,1-5H3/p+1. The van der Waals surface area contributed by atoms with Gasteiger partial charge < -0.3 is 10.0 Å². The average molecular weight is 504 g/mol. The number of phenols is 1. The zero-order chi connectivity index (χ0) is 25.9. The van der Waals surface area contributed by atoms with E-state index >= 15 is 0 Å². The molecule has 3 aromatic rings. The van der Waals surface area contributed by atoms with Crippen molar-refractivity contribution in [3.8, 4) is 5.75 Å². The molecule has 3 aromatic carbocycles. The number of rotatable bonds is 3. The summed E-state index contributed by atoms with van der Waals surface area (Å²) in [5.74, 6) is 0.297. The Morgan fingerprint density at radius 1 is 0.973 bits per heavy atom. The molecular weight excluding hydrogens is 468 g/mol. The summed E-state index contributed by atoms with van der Waals surface area (Å²) in [5, 5.41) is 12.9. The van der Waals surface area contributed by atoms with Gasteiger partial charge in [0.05, 0.1) is 0 Å². The molecule has 4 heteroatoms. The van der Waals surface area contributed by atoms with Crippen LogP contribution in [0.5, 0.6) is 5.75 Å². The third-order valence-electron chi connectivity index (χ3n) is 8.44. The monoisotopic (exact) mass is 503 g/mol. The van der Waals surface area contributed by atoms with Crippen LogP contribution in [-0.2, 0) is 6.42 Å². The van der Waals surface area contributed by atoms with Gasteiger partial charge >= 0.3 is 0 Å². The van der Waals surface area contributed by atoms with Crippen molar-refractivity contribution in [3.05, 3.63) is 112 Å². The highest BCUT2D eigenvalue weighted by atomic mass is 28.3. The highest BCUT2D eigenvalue weighted by Gasteiger charge is 2.41. The first kappa shape index (κ1) is 23.7. The maximum absolute atomic E-state index is 9.83. The summed E-state index contributed by atoms with van der Waals surface area (Å²) < 4.78 is 2.34. The molecule has 0 bridgehead atoms. The maximum Gasteiger partial charge on any atom is 0.205 e. The molecule has 0 saturated heterocycles. The molecule has 3 aliphatic rings. The second-order valence-electron chi connectivity index (χ2n) is 11.0. The first-order chi connectivity index (χ1) is 17.8. The minimum Gasteiger partial charge on any atom is -0.508 e. The number of likely N-dealkylation sites (N-methyl/N-ethyl adjacent to an activating group) is 1. The summed E-state index contributed by atoms with van der Waals surface area (Å²) >= 11 is 0. The topological polar surface area (TPSA) is 26.5 Å². The minimum absolute atomic E-state index is 0.297. The smallest absolute Gasteiger partial charge is 0.205 e. The van der Waals surface area contributed by atoms with Gasteiger partial charge in [-0.3, -0.25) is 0 Å². The van der Waals surface area contributed by atoms with Crippen LogP contribution < -0.4 is 10.1 Å². The zero-order valence-electron chi connectivity index (χ0n) is 22.5. The summed E-state index contributed by atoms with van der Waals surface area (Å²) in [6, 6.07) is 21.4. The fourth-order valence-corrected chi connectivity index (χ4v) is 9.39. The molecule has 186 valence electrons. The number of nitrogens with zero attached hydrogens (tertiary/aromatic N) is 2. The molecule has 0 aromatic heterocycles. The minimum atomic E-state index is -2.01. The lowest BCUT2D eigenvalue weighted by Crippen LogP contribution is -2.49. The van der Waals surface area contributed by atoms with E-state index in [4.69, 9.17) is 0 Å². The quantitative estimate of drug-likeness (QED) is 0.337. The Morgan fingerprint density at radius 2 is 1.73 bits per heavy atom. The van der Waals surface area contributed by atoms with Gasteiger partial charge in [0.15, 0.2) is 0 Å². The van der Waals surface area contributed by atoms with Crippen LogP contribution in [0.2, 0.25) is 13.1 Å². The van der Waals surface area contributed by atoms with E-state index in [2.05, 4.69) is 98.1 Å². The summed E-state index contributed by atoms with van der Waals surface area (Å²) in [5.41, 5.74) is 12.0. The molecule has 1 N–H and O–H groups in total. The Labute approximate surface area is 221 Å². The van der Waals surface area contributed by atoms with Crippen molar-refractivity contribution in [2.45, 2.75) is 33.4 Å². The largest absolute Gasteiger partial charge is 0.508 e. The molecule has 2 heterocycles. The Balaban J connectivity index is 1.64. The van der Waals surface area contributed by atoms with E-state index in [0.29, 0.717) is 5.75 Å². The van der Waals surface area contributed by atoms with Crippen LogP contribution in [0.3, 0.4) is 0 Å². The molecule has 0 saturated carbocycles. The molecule has 2 aliphatic heterocycles. The highest BCUT2D eigenvalue weighted by molar-refractivity contribution is 6.98. The third-order valence-corrected chi connectivity index (χ3v) is 12.0. The van der Waals surface area contributed by atoms with E-state index in [1.807, 2.05) is 12.1 Å². The number of aryl methyl sites for hydroxylation is 1. The molecule has 3 nitrogen and oxygen atoms in total. The lowest BCUT2D eigenvalue weighted by molar-refractivity contribution is -0.434. The number of phenolic OH excluding ortho intramolecular Hbond substituents is 1. The van der Waals surface area contributed by atoms with Crippen LogP contribution >= 0.6 is 0 Å². The van der Waals surface area contributed by atoms with Crippen LogP contribution in [0.1, 0.15) is 29.2 Å². The van der Waals surface area contributed by atoms with Gasteiger partial charge in [-0.15, -0.1) is 0 Å². The van der Waals surface area contributed by atoms with Crippen LogP contribution in [0, 0.1) is 6.92 Å². The summed E-state index contributed by atoms with van der Waals surface area (Å²) in [7, 11) is 0.216. The molecule has 0 unspecified atom stereocenters. The number of anilines is 1. The molecule has 1 aliphatic carbocycles. The molecule has 0 radical (unpaired) electrons. The normalized spacial score (nSPS) is 18.8. The van der Waals surface area contributed by atoms with Crippen molar-refractivity contribution in [2.75, 3.05) is 25.0 Å². The summed E-state index contributed by atoms with van der Waals surface area (Å²) in [4.78, 5) is 2.42. The van der Waals surface area contributed by atoms with Crippen LogP contribution in [0.4, 0.5) is 11.4 Å². The first-order valence-electron chi connectivity index (χ1n) is 13.3. The maximum atomic E-state index is 9.83. The first-order valence-corrected chi connectivity index (χ1v) is 16.3. The van der Waals surface area contributed by atoms with Gasteiger partial charge in [0.2, 0.25) is 11.4 Å². The Kier molecular flexibility index (Phi) is 5.61. The number of hydrogen-bond acceptors (Lipinski definition) is 2. The van der Waals surface area contributed by atoms with Gasteiger partial charge in [-0.05, 0) is 94.4 Å². The number of benzene rings is 3. The predicted octanol–water partition coefficient (Wildman–Crippen LogP) is 6.26. The number of hydrogen-bond donors (Lipinski definition) is 1.